The third-order valence-corrected chi connectivity index (χ3v) is 2.62. The highest BCUT2D eigenvalue weighted by atomic mass is 32.1. The van der Waals surface area contributed by atoms with Crippen molar-refractivity contribution in [3.63, 3.8) is 0 Å². The molecule has 0 aliphatic heterocycles. The quantitative estimate of drug-likeness (QED) is 0.346. The average Bonchev–Trinajstić information content (AvgIpc) is 2.21. The maximum Gasteiger partial charge on any atom is 0.372 e. The van der Waals surface area contributed by atoms with Crippen molar-refractivity contribution in [1.29, 1.82) is 0 Å². The largest absolute Gasteiger partial charge is 0.476 e. The highest BCUT2D eigenvalue weighted by molar-refractivity contribution is 7.80. The fourth-order valence-corrected chi connectivity index (χ4v) is 1.61. The molecule has 0 rings (SSSR count). The monoisotopic (exact) mass is 232 g/mol. The zero-order valence-corrected chi connectivity index (χ0v) is 9.97. The molecule has 0 aliphatic carbocycles. The van der Waals surface area contributed by atoms with Crippen molar-refractivity contribution >= 4 is 24.4 Å². The molecule has 0 aliphatic rings. The van der Waals surface area contributed by atoms with Crippen LogP contribution < -0.4 is 0 Å². The molecule has 15 heavy (non-hydrogen) atoms. The second-order valence-electron chi connectivity index (χ2n) is 3.68. The van der Waals surface area contributed by atoms with Gasteiger partial charge in [0.15, 0.2) is 0 Å². The zero-order valence-electron chi connectivity index (χ0n) is 9.07. The number of ketones is 1. The molecule has 0 radical (unpaired) electrons. The Kier molecular flexibility index (Phi) is 9.68. The molecule has 3 nitrogen and oxygen atoms in total. The van der Waals surface area contributed by atoms with Crippen LogP contribution in [0.1, 0.15) is 51.4 Å². The van der Waals surface area contributed by atoms with Crippen molar-refractivity contribution in [1.82, 2.24) is 0 Å². The lowest BCUT2D eigenvalue weighted by atomic mass is 10.1. The minimum Gasteiger partial charge on any atom is -0.476 e. The van der Waals surface area contributed by atoms with Gasteiger partial charge in [0.25, 0.3) is 0 Å². The molecule has 0 amide bonds. The molecule has 0 heterocycles. The molecule has 1 N–H and O–H groups in total. The fraction of sp³-hybridized carbons (Fsp3) is 0.818. The highest BCUT2D eigenvalue weighted by Crippen LogP contribution is 2.09. The smallest absolute Gasteiger partial charge is 0.372 e. The molecule has 0 saturated heterocycles. The van der Waals surface area contributed by atoms with Crippen LogP contribution in [0.4, 0.5) is 0 Å². The van der Waals surface area contributed by atoms with Crippen molar-refractivity contribution in [2.75, 3.05) is 5.75 Å². The molecule has 0 aromatic heterocycles. The number of hydrogen-bond acceptors (Lipinski definition) is 3. The molecular formula is C11H20O3S. The summed E-state index contributed by atoms with van der Waals surface area (Å²) in [6.45, 7) is 0. The Morgan fingerprint density at radius 3 is 1.80 bits per heavy atom. The van der Waals surface area contributed by atoms with E-state index >= 15 is 0 Å². The summed E-state index contributed by atoms with van der Waals surface area (Å²) in [5.41, 5.74) is 0. The maximum atomic E-state index is 10.7. The van der Waals surface area contributed by atoms with Gasteiger partial charge in [-0.15, -0.1) is 0 Å². The first-order valence-corrected chi connectivity index (χ1v) is 6.18. The number of unbranched alkanes of at least 4 members (excludes halogenated alkanes) is 6. The molecule has 0 spiro atoms. The van der Waals surface area contributed by atoms with E-state index in [1.165, 1.54) is 25.7 Å². The van der Waals surface area contributed by atoms with E-state index in [2.05, 4.69) is 12.6 Å². The Bertz CT molecular complexity index is 192. The summed E-state index contributed by atoms with van der Waals surface area (Å²) >= 11 is 4.13. The van der Waals surface area contributed by atoms with E-state index in [-0.39, 0.29) is 6.42 Å². The van der Waals surface area contributed by atoms with Gasteiger partial charge < -0.3 is 5.11 Å². The lowest BCUT2D eigenvalue weighted by Gasteiger charge is -1.99. The van der Waals surface area contributed by atoms with Gasteiger partial charge in [-0.1, -0.05) is 32.1 Å². The number of Topliss-reactive ketones (excluding diaryl/α,β-unsaturated/α-hetero) is 1. The van der Waals surface area contributed by atoms with Crippen molar-refractivity contribution in [2.24, 2.45) is 0 Å². The van der Waals surface area contributed by atoms with Crippen molar-refractivity contribution in [2.45, 2.75) is 51.4 Å². The van der Waals surface area contributed by atoms with Gasteiger partial charge in [0.2, 0.25) is 5.78 Å². The molecule has 0 bridgehead atoms. The molecule has 4 heteroatoms. The Hall–Kier alpha value is -0.510. The summed E-state index contributed by atoms with van der Waals surface area (Å²) in [5, 5.41) is 8.33. The van der Waals surface area contributed by atoms with E-state index < -0.39 is 11.8 Å². The van der Waals surface area contributed by atoms with Gasteiger partial charge >= 0.3 is 5.97 Å². The maximum absolute atomic E-state index is 10.7. The number of carboxylic acid groups (broad SMARTS) is 1. The van der Waals surface area contributed by atoms with E-state index in [1.807, 2.05) is 0 Å². The van der Waals surface area contributed by atoms with Gasteiger partial charge in [-0.25, -0.2) is 4.79 Å². The number of carbonyl (C=O) groups is 2. The number of aliphatic carboxylic acids is 1. The van der Waals surface area contributed by atoms with E-state index in [0.717, 1.165) is 18.6 Å². The summed E-state index contributed by atoms with van der Waals surface area (Å²) in [5.74, 6) is -1.01. The van der Waals surface area contributed by atoms with Crippen LogP contribution in [0, 0.1) is 0 Å². The summed E-state index contributed by atoms with van der Waals surface area (Å²) in [7, 11) is 0. The van der Waals surface area contributed by atoms with Crippen molar-refractivity contribution in [3.05, 3.63) is 0 Å². The van der Waals surface area contributed by atoms with Crippen molar-refractivity contribution < 1.29 is 14.7 Å². The molecular weight excluding hydrogens is 212 g/mol. The van der Waals surface area contributed by atoms with Crippen LogP contribution in [0.2, 0.25) is 0 Å². The number of thiol groups is 1. The number of carboxylic acids is 1. The Morgan fingerprint density at radius 2 is 1.33 bits per heavy atom. The normalized spacial score (nSPS) is 10.2. The molecule has 0 unspecified atom stereocenters. The summed E-state index contributed by atoms with van der Waals surface area (Å²) < 4.78 is 0. The van der Waals surface area contributed by atoms with E-state index in [0.29, 0.717) is 6.42 Å². The number of carbonyl (C=O) groups excluding carboxylic acids is 1. The zero-order chi connectivity index (χ0) is 11.5. The van der Waals surface area contributed by atoms with Crippen LogP contribution in [0.5, 0.6) is 0 Å². The molecule has 0 aromatic carbocycles. The number of hydrogen-bond donors (Lipinski definition) is 2. The molecule has 0 aromatic rings. The summed E-state index contributed by atoms with van der Waals surface area (Å²) in [6, 6.07) is 0. The van der Waals surface area contributed by atoms with Gasteiger partial charge in [-0.05, 0) is 18.6 Å². The van der Waals surface area contributed by atoms with E-state index in [4.69, 9.17) is 5.11 Å². The van der Waals surface area contributed by atoms with Crippen molar-refractivity contribution in [3.8, 4) is 0 Å². The lowest BCUT2D eigenvalue weighted by molar-refractivity contribution is -0.149. The Morgan fingerprint density at radius 1 is 0.867 bits per heavy atom. The van der Waals surface area contributed by atoms with Crippen LogP contribution >= 0.6 is 12.6 Å². The van der Waals surface area contributed by atoms with E-state index in [1.54, 1.807) is 0 Å². The molecule has 0 saturated carbocycles. The van der Waals surface area contributed by atoms with Gasteiger partial charge in [0.1, 0.15) is 0 Å². The van der Waals surface area contributed by atoms with Gasteiger partial charge in [0.05, 0.1) is 0 Å². The molecule has 0 atom stereocenters. The first-order valence-electron chi connectivity index (χ1n) is 5.55. The Labute approximate surface area is 96.7 Å². The van der Waals surface area contributed by atoms with Crippen LogP contribution in [0.15, 0.2) is 0 Å². The van der Waals surface area contributed by atoms with Crippen LogP contribution in [0.25, 0.3) is 0 Å². The SMILES string of the molecule is O=C(O)C(=O)CCCCCCCCCS. The van der Waals surface area contributed by atoms with Gasteiger partial charge in [0, 0.05) is 6.42 Å². The standard InChI is InChI=1S/C11H20O3S/c12-10(11(13)14)8-6-4-2-1-3-5-7-9-15/h15H,1-9H2,(H,13,14). The molecule has 0 fully saturated rings. The first-order chi connectivity index (χ1) is 7.18. The minimum absolute atomic E-state index is 0.186. The van der Waals surface area contributed by atoms with E-state index in [9.17, 15) is 9.59 Å². The second-order valence-corrected chi connectivity index (χ2v) is 4.12. The second kappa shape index (κ2) is 10.0. The average molecular weight is 232 g/mol. The predicted molar refractivity (Wildman–Crippen MR) is 63.4 cm³/mol. The van der Waals surface area contributed by atoms with Gasteiger partial charge in [-0.3, -0.25) is 4.79 Å². The van der Waals surface area contributed by atoms with Crippen LogP contribution in [-0.2, 0) is 9.59 Å². The minimum atomic E-state index is -1.30. The third-order valence-electron chi connectivity index (χ3n) is 2.30. The number of rotatable bonds is 10. The van der Waals surface area contributed by atoms with Crippen LogP contribution in [-0.4, -0.2) is 22.6 Å². The summed E-state index contributed by atoms with van der Waals surface area (Å²) in [4.78, 5) is 20.9. The predicted octanol–water partition coefficient (Wildman–Crippen LogP) is 2.69. The topological polar surface area (TPSA) is 54.4 Å². The molecule has 88 valence electrons. The van der Waals surface area contributed by atoms with Crippen LogP contribution in [0.3, 0.4) is 0 Å². The summed E-state index contributed by atoms with van der Waals surface area (Å²) in [6.07, 6.45) is 7.73. The van der Waals surface area contributed by atoms with Gasteiger partial charge in [-0.2, -0.15) is 12.6 Å². The highest BCUT2D eigenvalue weighted by Gasteiger charge is 2.09. The third kappa shape index (κ3) is 9.79. The first kappa shape index (κ1) is 14.5. The fourth-order valence-electron chi connectivity index (χ4n) is 1.39. The Balaban J connectivity index is 3.11. The lowest BCUT2D eigenvalue weighted by Crippen LogP contribution is -2.11.